The van der Waals surface area contributed by atoms with E-state index in [1.54, 1.807) is 0 Å². The minimum Gasteiger partial charge on any atom is -0.395 e. The molecular weight excluding hydrogens is 262 g/mol. The van der Waals surface area contributed by atoms with Crippen LogP contribution in [0.15, 0.2) is 18.2 Å². The van der Waals surface area contributed by atoms with Gasteiger partial charge in [-0.15, -0.1) is 0 Å². The van der Waals surface area contributed by atoms with E-state index in [9.17, 15) is 4.79 Å². The van der Waals surface area contributed by atoms with E-state index in [1.807, 2.05) is 25.1 Å². The number of anilines is 1. The average molecular weight is 285 g/mol. The van der Waals surface area contributed by atoms with Gasteiger partial charge in [0, 0.05) is 18.4 Å². The molecule has 0 unspecified atom stereocenters. The maximum absolute atomic E-state index is 12.2. The molecule has 0 saturated heterocycles. The Hall–Kier alpha value is -1.79. The number of amides is 1. The maximum atomic E-state index is 12.2. The summed E-state index contributed by atoms with van der Waals surface area (Å²) in [6.07, 6.45) is 5.90. The van der Waals surface area contributed by atoms with Crippen LogP contribution in [0.3, 0.4) is 0 Å². The third kappa shape index (κ3) is 4.91. The van der Waals surface area contributed by atoms with Gasteiger partial charge < -0.3 is 10.4 Å². The largest absolute Gasteiger partial charge is 0.395 e. The number of rotatable bonds is 4. The topological polar surface area (TPSA) is 49.3 Å². The summed E-state index contributed by atoms with van der Waals surface area (Å²) < 4.78 is 0. The van der Waals surface area contributed by atoms with Crippen LogP contribution in [0, 0.1) is 24.7 Å². The van der Waals surface area contributed by atoms with Crippen molar-refractivity contribution in [2.75, 3.05) is 11.9 Å². The third-order valence-electron chi connectivity index (χ3n) is 3.86. The Balaban J connectivity index is 2.05. The van der Waals surface area contributed by atoms with Crippen molar-refractivity contribution in [3.8, 4) is 11.8 Å². The minimum absolute atomic E-state index is 0.0578. The molecule has 1 aromatic rings. The molecule has 1 fully saturated rings. The van der Waals surface area contributed by atoms with Crippen molar-refractivity contribution in [1.29, 1.82) is 0 Å². The lowest BCUT2D eigenvalue weighted by Crippen LogP contribution is -2.16. The number of hydrogen-bond donors (Lipinski definition) is 2. The van der Waals surface area contributed by atoms with Crippen LogP contribution in [-0.2, 0) is 4.79 Å². The predicted molar refractivity (Wildman–Crippen MR) is 85.0 cm³/mol. The molecule has 112 valence electrons. The fraction of sp³-hybridized carbons (Fsp3) is 0.500. The van der Waals surface area contributed by atoms with Crippen LogP contribution in [0.1, 0.15) is 49.7 Å². The Morgan fingerprint density at radius 3 is 2.86 bits per heavy atom. The maximum Gasteiger partial charge on any atom is 0.224 e. The van der Waals surface area contributed by atoms with E-state index >= 15 is 0 Å². The Labute approximate surface area is 126 Å². The quantitative estimate of drug-likeness (QED) is 0.834. The smallest absolute Gasteiger partial charge is 0.224 e. The van der Waals surface area contributed by atoms with Gasteiger partial charge >= 0.3 is 0 Å². The first-order valence-corrected chi connectivity index (χ1v) is 7.69. The van der Waals surface area contributed by atoms with Gasteiger partial charge in [0.15, 0.2) is 0 Å². The SMILES string of the molecule is Cc1ccc(C#CCCO)c(NC(=O)CC2CCCC2)c1. The molecule has 0 radical (unpaired) electrons. The zero-order valence-corrected chi connectivity index (χ0v) is 12.6. The van der Waals surface area contributed by atoms with Gasteiger partial charge in [0.2, 0.25) is 5.91 Å². The molecule has 1 aliphatic rings. The second-order valence-corrected chi connectivity index (χ2v) is 5.73. The van der Waals surface area contributed by atoms with E-state index in [0.717, 1.165) is 16.8 Å². The third-order valence-corrected chi connectivity index (χ3v) is 3.86. The molecule has 3 nitrogen and oxygen atoms in total. The molecule has 0 atom stereocenters. The molecule has 1 aliphatic carbocycles. The number of carbonyl (C=O) groups excluding carboxylic acids is 1. The first kappa shape index (κ1) is 15.6. The number of benzene rings is 1. The summed E-state index contributed by atoms with van der Waals surface area (Å²) >= 11 is 0. The monoisotopic (exact) mass is 285 g/mol. The standard InChI is InChI=1S/C18H23NO2/c1-14-9-10-16(8-4-5-11-20)17(12-14)19-18(21)13-15-6-2-3-7-15/h9-10,12,15,20H,2-3,5-7,11,13H2,1H3,(H,19,21). The predicted octanol–water partition coefficient (Wildman–Crippen LogP) is 3.25. The molecule has 2 rings (SSSR count). The Kier molecular flexibility index (Phi) is 5.83. The number of hydrogen-bond acceptors (Lipinski definition) is 2. The highest BCUT2D eigenvalue weighted by atomic mass is 16.2. The van der Waals surface area contributed by atoms with E-state index in [0.29, 0.717) is 18.8 Å². The van der Waals surface area contributed by atoms with E-state index in [4.69, 9.17) is 5.11 Å². The van der Waals surface area contributed by atoms with Crippen molar-refractivity contribution in [2.24, 2.45) is 5.92 Å². The molecule has 0 aliphatic heterocycles. The van der Waals surface area contributed by atoms with Gasteiger partial charge in [-0.2, -0.15) is 0 Å². The highest BCUT2D eigenvalue weighted by Crippen LogP contribution is 2.28. The van der Waals surface area contributed by atoms with Crippen LogP contribution in [0.2, 0.25) is 0 Å². The summed E-state index contributed by atoms with van der Waals surface area (Å²) in [5, 5.41) is 11.8. The Morgan fingerprint density at radius 2 is 2.14 bits per heavy atom. The van der Waals surface area contributed by atoms with Crippen molar-refractivity contribution in [3.05, 3.63) is 29.3 Å². The molecule has 0 aromatic heterocycles. The van der Waals surface area contributed by atoms with Gasteiger partial charge in [0.05, 0.1) is 12.3 Å². The second kappa shape index (κ2) is 7.85. The van der Waals surface area contributed by atoms with Gasteiger partial charge in [-0.25, -0.2) is 0 Å². The fourth-order valence-corrected chi connectivity index (χ4v) is 2.76. The van der Waals surface area contributed by atoms with E-state index in [-0.39, 0.29) is 12.5 Å². The molecule has 21 heavy (non-hydrogen) atoms. The number of aryl methyl sites for hydroxylation is 1. The number of aliphatic hydroxyl groups excluding tert-OH is 1. The molecule has 3 heteroatoms. The summed E-state index contributed by atoms with van der Waals surface area (Å²) in [4.78, 5) is 12.2. The zero-order valence-electron chi connectivity index (χ0n) is 12.6. The molecule has 1 saturated carbocycles. The van der Waals surface area contributed by atoms with Crippen LogP contribution in [-0.4, -0.2) is 17.6 Å². The molecule has 1 aromatic carbocycles. The summed E-state index contributed by atoms with van der Waals surface area (Å²) in [6.45, 7) is 2.06. The zero-order chi connectivity index (χ0) is 15.1. The van der Waals surface area contributed by atoms with Gasteiger partial charge in [-0.3, -0.25) is 4.79 Å². The lowest BCUT2D eigenvalue weighted by molar-refractivity contribution is -0.117. The van der Waals surface area contributed by atoms with E-state index < -0.39 is 0 Å². The van der Waals surface area contributed by atoms with Crippen molar-refractivity contribution < 1.29 is 9.90 Å². The van der Waals surface area contributed by atoms with Gasteiger partial charge in [-0.1, -0.05) is 30.7 Å². The second-order valence-electron chi connectivity index (χ2n) is 5.73. The number of carbonyl (C=O) groups is 1. The van der Waals surface area contributed by atoms with Gasteiger partial charge in [0.25, 0.3) is 0 Å². The summed E-state index contributed by atoms with van der Waals surface area (Å²) in [5.41, 5.74) is 2.69. The van der Waals surface area contributed by atoms with Crippen LogP contribution in [0.25, 0.3) is 0 Å². The molecule has 0 spiro atoms. The van der Waals surface area contributed by atoms with Crippen LogP contribution in [0.5, 0.6) is 0 Å². The van der Waals surface area contributed by atoms with Crippen molar-refractivity contribution >= 4 is 11.6 Å². The molecule has 0 heterocycles. The lowest BCUT2D eigenvalue weighted by atomic mass is 10.0. The van der Waals surface area contributed by atoms with Gasteiger partial charge in [-0.05, 0) is 43.4 Å². The lowest BCUT2D eigenvalue weighted by Gasteiger charge is -2.11. The Bertz CT molecular complexity index is 548. The van der Waals surface area contributed by atoms with Gasteiger partial charge in [0.1, 0.15) is 0 Å². The molecule has 2 N–H and O–H groups in total. The van der Waals surface area contributed by atoms with Crippen LogP contribution in [0.4, 0.5) is 5.69 Å². The highest BCUT2D eigenvalue weighted by Gasteiger charge is 2.18. The normalized spacial score (nSPS) is 14.6. The van der Waals surface area contributed by atoms with E-state index in [1.165, 1.54) is 25.7 Å². The molecule has 0 bridgehead atoms. The van der Waals surface area contributed by atoms with Crippen molar-refractivity contribution in [1.82, 2.24) is 0 Å². The summed E-state index contributed by atoms with van der Waals surface area (Å²) in [5.74, 6) is 6.54. The number of aliphatic hydroxyl groups is 1. The molecule has 1 amide bonds. The van der Waals surface area contributed by atoms with Crippen LogP contribution < -0.4 is 5.32 Å². The number of nitrogens with one attached hydrogen (secondary N) is 1. The molecular formula is C18H23NO2. The minimum atomic E-state index is 0.0578. The van der Waals surface area contributed by atoms with Crippen molar-refractivity contribution in [3.63, 3.8) is 0 Å². The first-order valence-electron chi connectivity index (χ1n) is 7.69. The van der Waals surface area contributed by atoms with E-state index in [2.05, 4.69) is 17.2 Å². The van der Waals surface area contributed by atoms with Crippen LogP contribution >= 0.6 is 0 Å². The summed E-state index contributed by atoms with van der Waals surface area (Å²) in [7, 11) is 0. The summed E-state index contributed by atoms with van der Waals surface area (Å²) in [6, 6.07) is 5.86. The fourth-order valence-electron chi connectivity index (χ4n) is 2.76. The van der Waals surface area contributed by atoms with Crippen molar-refractivity contribution in [2.45, 2.75) is 45.4 Å². The first-order chi connectivity index (χ1) is 10.2. The Morgan fingerprint density at radius 1 is 1.38 bits per heavy atom. The highest BCUT2D eigenvalue weighted by molar-refractivity contribution is 5.92. The average Bonchev–Trinajstić information content (AvgIpc) is 2.94.